The molecule has 196 valence electrons. The molecule has 0 fully saturated rings. The molecule has 0 radical (unpaired) electrons. The lowest BCUT2D eigenvalue weighted by molar-refractivity contribution is 0.0692. The van der Waals surface area contributed by atoms with Gasteiger partial charge in [-0.15, -0.1) is 0 Å². The number of carboxylic acid groups (broad SMARTS) is 1. The highest BCUT2D eigenvalue weighted by Gasteiger charge is 2.38. The van der Waals surface area contributed by atoms with E-state index in [9.17, 15) is 22.7 Å². The summed E-state index contributed by atoms with van der Waals surface area (Å²) in [5.74, 6) is -2.32. The van der Waals surface area contributed by atoms with Crippen LogP contribution in [0.15, 0.2) is 65.6 Å². The van der Waals surface area contributed by atoms with Gasteiger partial charge in [-0.25, -0.2) is 17.6 Å². The topological polar surface area (TPSA) is 89.9 Å². The Morgan fingerprint density at radius 3 is 2.43 bits per heavy atom. The lowest BCUT2D eigenvalue weighted by Gasteiger charge is -2.32. The van der Waals surface area contributed by atoms with Gasteiger partial charge < -0.3 is 15.3 Å². The van der Waals surface area contributed by atoms with E-state index in [0.717, 1.165) is 17.8 Å². The molecule has 3 aromatic rings. The number of sulfonamides is 1. The largest absolute Gasteiger partial charge is 0.478 e. The summed E-state index contributed by atoms with van der Waals surface area (Å²) in [6.45, 7) is 6.83. The lowest BCUT2D eigenvalue weighted by atomic mass is 10.0. The van der Waals surface area contributed by atoms with Crippen LogP contribution in [0.1, 0.15) is 31.1 Å². The molecule has 7 nitrogen and oxygen atoms in total. The Hall–Kier alpha value is -2.98. The number of likely N-dealkylation sites (N-methyl/N-ethyl adjacent to an activating group) is 1. The molecule has 0 aliphatic carbocycles. The molecular weight excluding hydrogens is 517 g/mol. The third-order valence-electron chi connectivity index (χ3n) is 6.35. The van der Waals surface area contributed by atoms with Crippen LogP contribution < -0.4 is 10.2 Å². The van der Waals surface area contributed by atoms with Crippen molar-refractivity contribution < 1.29 is 22.7 Å². The number of fused-ring (bicyclic) bond motifs is 1. The summed E-state index contributed by atoms with van der Waals surface area (Å²) < 4.78 is 43.3. The normalized spacial score (nSPS) is 17.8. The molecule has 1 aliphatic rings. The van der Waals surface area contributed by atoms with Gasteiger partial charge in [0.15, 0.2) is 0 Å². The van der Waals surface area contributed by atoms with Gasteiger partial charge in [0.05, 0.1) is 22.3 Å². The van der Waals surface area contributed by atoms with Crippen molar-refractivity contribution >= 4 is 39.0 Å². The van der Waals surface area contributed by atoms with E-state index in [1.165, 1.54) is 16.4 Å². The Bertz CT molecular complexity index is 1440. The fourth-order valence-corrected chi connectivity index (χ4v) is 6.09. The zero-order valence-corrected chi connectivity index (χ0v) is 22.6. The number of para-hydroxylation sites is 1. The molecule has 0 spiro atoms. The molecule has 0 saturated carbocycles. The highest BCUT2D eigenvalue weighted by atomic mass is 35.5. The number of nitrogens with one attached hydrogen (secondary N) is 1. The zero-order valence-electron chi connectivity index (χ0n) is 21.0. The maximum absolute atomic E-state index is 14.0. The molecule has 2 N–H and O–H groups in total. The second-order valence-corrected chi connectivity index (χ2v) is 12.4. The average molecular weight is 546 g/mol. The van der Waals surface area contributed by atoms with Gasteiger partial charge in [0, 0.05) is 36.9 Å². The SMILES string of the molecule is CN1[C@H](CNC(C)(C)C)CN(c2ccccc2)c2cc(Cl)c(-c3ccc(F)c(C(=O)O)c3)cc2S1(=O)=O. The van der Waals surface area contributed by atoms with Crippen molar-refractivity contribution in [3.8, 4) is 11.1 Å². The van der Waals surface area contributed by atoms with Crippen LogP contribution in [0.5, 0.6) is 0 Å². The summed E-state index contributed by atoms with van der Waals surface area (Å²) in [6, 6.07) is 15.6. The van der Waals surface area contributed by atoms with Crippen molar-refractivity contribution in [2.24, 2.45) is 0 Å². The van der Waals surface area contributed by atoms with E-state index in [2.05, 4.69) is 5.32 Å². The number of hydrogen-bond acceptors (Lipinski definition) is 5. The monoisotopic (exact) mass is 545 g/mol. The Morgan fingerprint density at radius 1 is 1.14 bits per heavy atom. The number of carbonyl (C=O) groups is 1. The van der Waals surface area contributed by atoms with E-state index in [1.807, 2.05) is 56.0 Å². The number of anilines is 2. The second kappa shape index (κ2) is 10.1. The van der Waals surface area contributed by atoms with Crippen molar-refractivity contribution in [2.45, 2.75) is 37.2 Å². The molecule has 1 atom stereocenters. The van der Waals surface area contributed by atoms with Gasteiger partial charge >= 0.3 is 5.97 Å². The van der Waals surface area contributed by atoms with Crippen molar-refractivity contribution in [1.82, 2.24) is 9.62 Å². The molecule has 0 unspecified atom stereocenters. The number of carboxylic acids is 1. The van der Waals surface area contributed by atoms with Crippen LogP contribution in [0.2, 0.25) is 5.02 Å². The van der Waals surface area contributed by atoms with Crippen molar-refractivity contribution in [3.05, 3.63) is 77.1 Å². The smallest absolute Gasteiger partial charge is 0.338 e. The number of rotatable bonds is 5. The second-order valence-electron chi connectivity index (χ2n) is 10.1. The van der Waals surface area contributed by atoms with Gasteiger partial charge in [0.1, 0.15) is 10.7 Å². The van der Waals surface area contributed by atoms with Crippen LogP contribution in [-0.4, -0.2) is 55.5 Å². The molecule has 37 heavy (non-hydrogen) atoms. The highest BCUT2D eigenvalue weighted by molar-refractivity contribution is 7.89. The van der Waals surface area contributed by atoms with Crippen LogP contribution in [0, 0.1) is 5.82 Å². The Labute approximate surface area is 221 Å². The molecular formula is C27H29ClFN3O4S. The van der Waals surface area contributed by atoms with E-state index < -0.39 is 33.4 Å². The van der Waals surface area contributed by atoms with Gasteiger partial charge in [-0.3, -0.25) is 0 Å². The van der Waals surface area contributed by atoms with E-state index in [1.54, 1.807) is 13.1 Å². The average Bonchev–Trinajstić information content (AvgIpc) is 2.90. The molecule has 0 saturated heterocycles. The van der Waals surface area contributed by atoms with E-state index >= 15 is 0 Å². The number of aromatic carboxylic acids is 1. The molecule has 1 heterocycles. The van der Waals surface area contributed by atoms with Gasteiger partial charge in [-0.2, -0.15) is 4.31 Å². The Morgan fingerprint density at radius 2 is 1.81 bits per heavy atom. The maximum Gasteiger partial charge on any atom is 0.338 e. The first kappa shape index (κ1) is 27.1. The molecule has 0 bridgehead atoms. The van der Waals surface area contributed by atoms with Crippen LogP contribution in [-0.2, 0) is 10.0 Å². The predicted octanol–water partition coefficient (Wildman–Crippen LogP) is 5.37. The Kier molecular flexibility index (Phi) is 7.36. The van der Waals surface area contributed by atoms with Crippen molar-refractivity contribution in [2.75, 3.05) is 25.0 Å². The fourth-order valence-electron chi connectivity index (χ4n) is 4.28. The molecule has 0 aromatic heterocycles. The molecule has 3 aromatic carbocycles. The molecule has 1 aliphatic heterocycles. The van der Waals surface area contributed by atoms with Crippen LogP contribution >= 0.6 is 11.6 Å². The van der Waals surface area contributed by atoms with E-state index in [-0.39, 0.29) is 15.5 Å². The summed E-state index contributed by atoms with van der Waals surface area (Å²) in [5.41, 5.74) is 1.05. The van der Waals surface area contributed by atoms with Gasteiger partial charge in [0.25, 0.3) is 0 Å². The van der Waals surface area contributed by atoms with Gasteiger partial charge in [-0.1, -0.05) is 35.9 Å². The molecule has 10 heteroatoms. The van der Waals surface area contributed by atoms with Crippen molar-refractivity contribution in [1.29, 1.82) is 0 Å². The van der Waals surface area contributed by atoms with Crippen molar-refractivity contribution in [3.63, 3.8) is 0 Å². The standard InChI is InChI=1S/C27H29ClFN3O4S/c1-27(2,3)30-15-19-16-32(18-8-6-5-7-9-18)24-14-22(28)20(13-25(24)37(35,36)31(19)4)17-10-11-23(29)21(12-17)26(33)34/h5-14,19,30H,15-16H2,1-4H3,(H,33,34)/t19-/m1/s1. The molecule has 0 amide bonds. The van der Waals surface area contributed by atoms with Gasteiger partial charge in [-0.05, 0) is 62.7 Å². The first-order chi connectivity index (χ1) is 17.3. The quantitative estimate of drug-likeness (QED) is 0.448. The van der Waals surface area contributed by atoms with Crippen LogP contribution in [0.3, 0.4) is 0 Å². The first-order valence-corrected chi connectivity index (χ1v) is 13.5. The minimum Gasteiger partial charge on any atom is -0.478 e. The number of hydrogen-bond donors (Lipinski definition) is 2. The molecule has 4 rings (SSSR count). The van der Waals surface area contributed by atoms with Gasteiger partial charge in [0.2, 0.25) is 10.0 Å². The minimum absolute atomic E-state index is 0.0257. The highest BCUT2D eigenvalue weighted by Crippen LogP contribution is 2.42. The minimum atomic E-state index is -3.99. The Balaban J connectivity index is 1.92. The summed E-state index contributed by atoms with van der Waals surface area (Å²) in [6.07, 6.45) is 0. The maximum atomic E-state index is 14.0. The first-order valence-electron chi connectivity index (χ1n) is 11.7. The third kappa shape index (κ3) is 5.50. The van der Waals surface area contributed by atoms with Crippen LogP contribution in [0.25, 0.3) is 11.1 Å². The summed E-state index contributed by atoms with van der Waals surface area (Å²) in [5, 5.41) is 13.0. The van der Waals surface area contributed by atoms with E-state index in [0.29, 0.717) is 29.9 Å². The lowest BCUT2D eigenvalue weighted by Crippen LogP contribution is -2.50. The zero-order chi connectivity index (χ0) is 27.1. The number of nitrogens with zero attached hydrogens (tertiary/aromatic N) is 2. The summed E-state index contributed by atoms with van der Waals surface area (Å²) in [7, 11) is -2.44. The summed E-state index contributed by atoms with van der Waals surface area (Å²) >= 11 is 6.67. The number of halogens is 2. The third-order valence-corrected chi connectivity index (χ3v) is 8.60. The predicted molar refractivity (Wildman–Crippen MR) is 144 cm³/mol. The fraction of sp³-hybridized carbons (Fsp3) is 0.296. The number of benzene rings is 3. The van der Waals surface area contributed by atoms with E-state index in [4.69, 9.17) is 11.6 Å². The van der Waals surface area contributed by atoms with Crippen LogP contribution in [0.4, 0.5) is 15.8 Å². The summed E-state index contributed by atoms with van der Waals surface area (Å²) in [4.78, 5) is 13.4.